The molecule has 0 radical (unpaired) electrons. The van der Waals surface area contributed by atoms with Crippen molar-refractivity contribution >= 4 is 29.4 Å². The highest BCUT2D eigenvalue weighted by molar-refractivity contribution is 8.00. The van der Waals surface area contributed by atoms with E-state index in [1.165, 1.54) is 19.3 Å². The number of rotatable bonds is 3. The maximum Gasteiger partial charge on any atom is 0.315 e. The molecule has 1 saturated carbocycles. The van der Waals surface area contributed by atoms with E-state index in [9.17, 15) is 9.59 Å². The van der Waals surface area contributed by atoms with E-state index < -0.39 is 0 Å². The van der Waals surface area contributed by atoms with Crippen molar-refractivity contribution in [1.29, 1.82) is 0 Å². The van der Waals surface area contributed by atoms with Crippen LogP contribution in [0.2, 0.25) is 0 Å². The standard InChI is InChI=1S/C17H23N3O2S/c1-11-16(21)20-14-9-12(7-8-15(14)23-11)10-18-17(22)19-13-5-3-2-4-6-13/h7-9,11,13H,2-6,10H2,1H3,(H,20,21)(H2,18,19,22). The predicted octanol–water partition coefficient (Wildman–Crippen LogP) is 3.25. The summed E-state index contributed by atoms with van der Waals surface area (Å²) in [4.78, 5) is 24.8. The number of anilines is 1. The third-order valence-electron chi connectivity index (χ3n) is 4.37. The van der Waals surface area contributed by atoms with Gasteiger partial charge in [0.1, 0.15) is 0 Å². The molecule has 3 N–H and O–H groups in total. The Labute approximate surface area is 141 Å². The van der Waals surface area contributed by atoms with Crippen LogP contribution in [0, 0.1) is 0 Å². The molecule has 0 saturated heterocycles. The summed E-state index contributed by atoms with van der Waals surface area (Å²) >= 11 is 1.56. The van der Waals surface area contributed by atoms with Gasteiger partial charge in [-0.2, -0.15) is 0 Å². The molecular formula is C17H23N3O2S. The molecule has 1 aromatic rings. The summed E-state index contributed by atoms with van der Waals surface area (Å²) in [5, 5.41) is 8.80. The van der Waals surface area contributed by atoms with Crippen molar-refractivity contribution in [3.05, 3.63) is 23.8 Å². The summed E-state index contributed by atoms with van der Waals surface area (Å²) in [7, 11) is 0. The van der Waals surface area contributed by atoms with Crippen molar-refractivity contribution in [2.45, 2.75) is 61.8 Å². The number of hydrogen-bond acceptors (Lipinski definition) is 3. The fourth-order valence-electron chi connectivity index (χ4n) is 3.03. The van der Waals surface area contributed by atoms with E-state index in [0.29, 0.717) is 12.6 Å². The SMILES string of the molecule is CC1Sc2ccc(CNC(=O)NC3CCCCC3)cc2NC1=O. The van der Waals surface area contributed by atoms with Gasteiger partial charge in [0, 0.05) is 17.5 Å². The second-order valence-electron chi connectivity index (χ2n) is 6.24. The Kier molecular flexibility index (Phi) is 5.10. The van der Waals surface area contributed by atoms with Crippen LogP contribution >= 0.6 is 11.8 Å². The maximum atomic E-state index is 12.0. The van der Waals surface area contributed by atoms with E-state index >= 15 is 0 Å². The second-order valence-corrected chi connectivity index (χ2v) is 7.62. The maximum absolute atomic E-state index is 12.0. The van der Waals surface area contributed by atoms with E-state index in [4.69, 9.17) is 0 Å². The first-order chi connectivity index (χ1) is 11.1. The predicted molar refractivity (Wildman–Crippen MR) is 92.6 cm³/mol. The molecule has 0 spiro atoms. The Bertz CT molecular complexity index is 600. The van der Waals surface area contributed by atoms with Gasteiger partial charge < -0.3 is 16.0 Å². The van der Waals surface area contributed by atoms with Gasteiger partial charge in [-0.3, -0.25) is 4.79 Å². The number of carbonyl (C=O) groups is 2. The van der Waals surface area contributed by atoms with E-state index in [1.54, 1.807) is 11.8 Å². The summed E-state index contributed by atoms with van der Waals surface area (Å²) in [6, 6.07) is 6.14. The molecule has 5 nitrogen and oxygen atoms in total. The molecule has 1 aromatic carbocycles. The third-order valence-corrected chi connectivity index (χ3v) is 5.55. The fourth-order valence-corrected chi connectivity index (χ4v) is 3.96. The van der Waals surface area contributed by atoms with Gasteiger partial charge in [0.25, 0.3) is 0 Å². The number of carbonyl (C=O) groups excluding carboxylic acids is 2. The number of fused-ring (bicyclic) bond motifs is 1. The highest BCUT2D eigenvalue weighted by Crippen LogP contribution is 2.35. The summed E-state index contributed by atoms with van der Waals surface area (Å²) in [6.07, 6.45) is 5.83. The molecule has 23 heavy (non-hydrogen) atoms. The number of urea groups is 1. The molecule has 0 bridgehead atoms. The van der Waals surface area contributed by atoms with Crippen LogP contribution in [0.4, 0.5) is 10.5 Å². The van der Waals surface area contributed by atoms with E-state index in [0.717, 1.165) is 29.0 Å². The monoisotopic (exact) mass is 333 g/mol. The lowest BCUT2D eigenvalue weighted by atomic mass is 9.96. The van der Waals surface area contributed by atoms with Crippen LogP contribution in [0.1, 0.15) is 44.6 Å². The number of benzene rings is 1. The number of amides is 3. The molecule has 1 unspecified atom stereocenters. The van der Waals surface area contributed by atoms with Crippen molar-refractivity contribution in [1.82, 2.24) is 10.6 Å². The molecule has 1 fully saturated rings. The van der Waals surface area contributed by atoms with Crippen LogP contribution in [0.3, 0.4) is 0 Å². The highest BCUT2D eigenvalue weighted by Gasteiger charge is 2.23. The zero-order valence-corrected chi connectivity index (χ0v) is 14.2. The first kappa shape index (κ1) is 16.2. The van der Waals surface area contributed by atoms with Gasteiger partial charge in [-0.05, 0) is 37.5 Å². The molecule has 6 heteroatoms. The van der Waals surface area contributed by atoms with Gasteiger partial charge in [-0.1, -0.05) is 25.3 Å². The molecule has 0 aromatic heterocycles. The summed E-state index contributed by atoms with van der Waals surface area (Å²) in [5.74, 6) is 0.0302. The van der Waals surface area contributed by atoms with Crippen LogP contribution < -0.4 is 16.0 Å². The Morgan fingerprint density at radius 1 is 1.30 bits per heavy atom. The summed E-state index contributed by atoms with van der Waals surface area (Å²) < 4.78 is 0. The van der Waals surface area contributed by atoms with Gasteiger partial charge in [0.05, 0.1) is 10.9 Å². The molecule has 1 atom stereocenters. The molecule has 1 aliphatic carbocycles. The van der Waals surface area contributed by atoms with Crippen LogP contribution in [-0.4, -0.2) is 23.2 Å². The van der Waals surface area contributed by atoms with Crippen molar-refractivity contribution in [2.75, 3.05) is 5.32 Å². The fraction of sp³-hybridized carbons (Fsp3) is 0.529. The Morgan fingerprint density at radius 2 is 2.09 bits per heavy atom. The van der Waals surface area contributed by atoms with Crippen LogP contribution in [0.25, 0.3) is 0 Å². The van der Waals surface area contributed by atoms with Gasteiger partial charge in [0.15, 0.2) is 0 Å². The van der Waals surface area contributed by atoms with Crippen molar-refractivity contribution in [3.63, 3.8) is 0 Å². The minimum absolute atomic E-state index is 0.0302. The molecule has 124 valence electrons. The first-order valence-corrected chi connectivity index (χ1v) is 9.14. The Balaban J connectivity index is 1.53. The van der Waals surface area contributed by atoms with Gasteiger partial charge in [-0.25, -0.2) is 4.79 Å². The van der Waals surface area contributed by atoms with Gasteiger partial charge in [0.2, 0.25) is 5.91 Å². The quantitative estimate of drug-likeness (QED) is 0.795. The normalized spacial score (nSPS) is 21.3. The lowest BCUT2D eigenvalue weighted by molar-refractivity contribution is -0.115. The van der Waals surface area contributed by atoms with E-state index in [-0.39, 0.29) is 17.2 Å². The molecular weight excluding hydrogens is 310 g/mol. The number of nitrogens with one attached hydrogen (secondary N) is 3. The molecule has 3 rings (SSSR count). The van der Waals surface area contributed by atoms with Crippen molar-refractivity contribution < 1.29 is 9.59 Å². The average molecular weight is 333 g/mol. The lowest BCUT2D eigenvalue weighted by Gasteiger charge is -2.23. The third kappa shape index (κ3) is 4.19. The Morgan fingerprint density at radius 3 is 2.87 bits per heavy atom. The van der Waals surface area contributed by atoms with Crippen LogP contribution in [0.15, 0.2) is 23.1 Å². The molecule has 2 aliphatic rings. The zero-order valence-electron chi connectivity index (χ0n) is 13.4. The topological polar surface area (TPSA) is 70.2 Å². The molecule has 1 heterocycles. The summed E-state index contributed by atoms with van der Waals surface area (Å²) in [5.41, 5.74) is 1.82. The lowest BCUT2D eigenvalue weighted by Crippen LogP contribution is -2.42. The van der Waals surface area contributed by atoms with Gasteiger partial charge >= 0.3 is 6.03 Å². The smallest absolute Gasteiger partial charge is 0.315 e. The van der Waals surface area contributed by atoms with E-state index in [2.05, 4.69) is 16.0 Å². The zero-order chi connectivity index (χ0) is 16.2. The number of hydrogen-bond donors (Lipinski definition) is 3. The first-order valence-electron chi connectivity index (χ1n) is 8.26. The molecule has 3 amide bonds. The second kappa shape index (κ2) is 7.25. The minimum atomic E-state index is -0.110. The van der Waals surface area contributed by atoms with Crippen molar-refractivity contribution in [3.8, 4) is 0 Å². The number of thioether (sulfide) groups is 1. The van der Waals surface area contributed by atoms with Crippen LogP contribution in [-0.2, 0) is 11.3 Å². The molecule has 1 aliphatic heterocycles. The Hall–Kier alpha value is -1.69. The largest absolute Gasteiger partial charge is 0.335 e. The summed E-state index contributed by atoms with van der Waals surface area (Å²) in [6.45, 7) is 2.36. The highest BCUT2D eigenvalue weighted by atomic mass is 32.2. The van der Waals surface area contributed by atoms with E-state index in [1.807, 2.05) is 25.1 Å². The average Bonchev–Trinajstić information content (AvgIpc) is 2.55. The van der Waals surface area contributed by atoms with Gasteiger partial charge in [-0.15, -0.1) is 11.8 Å². The van der Waals surface area contributed by atoms with Crippen LogP contribution in [0.5, 0.6) is 0 Å². The van der Waals surface area contributed by atoms with Crippen molar-refractivity contribution in [2.24, 2.45) is 0 Å². The minimum Gasteiger partial charge on any atom is -0.335 e.